The Morgan fingerprint density at radius 1 is 1.48 bits per heavy atom. The summed E-state index contributed by atoms with van der Waals surface area (Å²) in [6, 6.07) is 1.70. The molecule has 2 bridgehead atoms. The molecule has 2 fully saturated rings. The van der Waals surface area contributed by atoms with E-state index in [0.29, 0.717) is 11.7 Å². The lowest BCUT2D eigenvalue weighted by molar-refractivity contribution is 0.0697. The fraction of sp³-hybridized carbons (Fsp3) is 0.625. The number of fused-ring (bicyclic) bond motifs is 2. The zero-order chi connectivity index (χ0) is 15.4. The summed E-state index contributed by atoms with van der Waals surface area (Å²) in [7, 11) is 0. The second-order valence-electron chi connectivity index (χ2n) is 7.32. The van der Waals surface area contributed by atoms with Crippen molar-refractivity contribution < 1.29 is 9.90 Å². The first kappa shape index (κ1) is 14.6. The Morgan fingerprint density at radius 3 is 2.76 bits per heavy atom. The van der Waals surface area contributed by atoms with E-state index < -0.39 is 5.97 Å². The summed E-state index contributed by atoms with van der Waals surface area (Å²) in [5, 5.41) is 12.8. The molecule has 3 unspecified atom stereocenters. The number of halogens is 1. The van der Waals surface area contributed by atoms with Gasteiger partial charge in [-0.15, -0.1) is 0 Å². The molecule has 1 aromatic rings. The molecule has 2 aliphatic rings. The maximum absolute atomic E-state index is 11.2. The number of aromatic nitrogens is 1. The van der Waals surface area contributed by atoms with Gasteiger partial charge in [0.05, 0.1) is 10.6 Å². The molecule has 114 valence electrons. The largest absolute Gasteiger partial charge is 0.478 e. The number of nitrogens with one attached hydrogen (secondary N) is 1. The molecule has 2 N–H and O–H groups in total. The van der Waals surface area contributed by atoms with Crippen LogP contribution in [-0.2, 0) is 0 Å². The van der Waals surface area contributed by atoms with E-state index in [4.69, 9.17) is 16.7 Å². The van der Waals surface area contributed by atoms with Gasteiger partial charge in [0.2, 0.25) is 0 Å². The number of anilines is 1. The number of nitrogens with zero attached hydrogens (tertiary/aromatic N) is 1. The van der Waals surface area contributed by atoms with Crippen molar-refractivity contribution in [1.29, 1.82) is 0 Å². The standard InChI is InChI=1S/C16H21ClN2O2/c1-15(2)9-4-6-16(3,8-9)14(15)19-12-11(17)10(13(20)21)5-7-18-12/h5,7,9,14H,4,6,8H2,1-3H3,(H,18,19)(H,20,21). The van der Waals surface area contributed by atoms with E-state index in [0.717, 1.165) is 0 Å². The Morgan fingerprint density at radius 2 is 2.19 bits per heavy atom. The van der Waals surface area contributed by atoms with Gasteiger partial charge in [0.15, 0.2) is 0 Å². The third-order valence-electron chi connectivity index (χ3n) is 5.67. The molecule has 4 nitrogen and oxygen atoms in total. The summed E-state index contributed by atoms with van der Waals surface area (Å²) in [6.45, 7) is 6.89. The van der Waals surface area contributed by atoms with Gasteiger partial charge in [-0.2, -0.15) is 0 Å². The van der Waals surface area contributed by atoms with Crippen molar-refractivity contribution in [2.45, 2.75) is 46.1 Å². The fourth-order valence-electron chi connectivity index (χ4n) is 4.51. The van der Waals surface area contributed by atoms with Crippen LogP contribution >= 0.6 is 11.6 Å². The fourth-order valence-corrected chi connectivity index (χ4v) is 4.76. The van der Waals surface area contributed by atoms with E-state index in [9.17, 15) is 4.79 Å². The molecule has 0 amide bonds. The molecule has 3 rings (SSSR count). The van der Waals surface area contributed by atoms with Crippen LogP contribution in [-0.4, -0.2) is 22.1 Å². The van der Waals surface area contributed by atoms with E-state index in [-0.39, 0.29) is 27.5 Å². The lowest BCUT2D eigenvalue weighted by atomic mass is 9.68. The summed E-state index contributed by atoms with van der Waals surface area (Å²) >= 11 is 6.22. The Kier molecular flexibility index (Phi) is 3.21. The molecule has 1 aromatic heterocycles. The highest BCUT2D eigenvalue weighted by Crippen LogP contribution is 2.63. The molecule has 2 saturated carbocycles. The van der Waals surface area contributed by atoms with Crippen molar-refractivity contribution in [3.05, 3.63) is 22.8 Å². The molecule has 5 heteroatoms. The number of hydrogen-bond acceptors (Lipinski definition) is 3. The highest BCUT2D eigenvalue weighted by Gasteiger charge is 2.59. The molecule has 2 aliphatic carbocycles. The molecule has 0 aromatic carbocycles. The van der Waals surface area contributed by atoms with Gasteiger partial charge >= 0.3 is 5.97 Å². The minimum Gasteiger partial charge on any atom is -0.478 e. The third-order valence-corrected chi connectivity index (χ3v) is 6.05. The number of carboxylic acids is 1. The molecule has 0 aliphatic heterocycles. The van der Waals surface area contributed by atoms with Crippen molar-refractivity contribution in [1.82, 2.24) is 4.98 Å². The highest BCUT2D eigenvalue weighted by molar-refractivity contribution is 6.35. The minimum absolute atomic E-state index is 0.0975. The summed E-state index contributed by atoms with van der Waals surface area (Å²) in [5.74, 6) is 0.175. The van der Waals surface area contributed by atoms with Gasteiger partial charge in [-0.25, -0.2) is 9.78 Å². The topological polar surface area (TPSA) is 62.2 Å². The first-order chi connectivity index (χ1) is 9.75. The van der Waals surface area contributed by atoms with Crippen molar-refractivity contribution in [3.8, 4) is 0 Å². The van der Waals surface area contributed by atoms with E-state index in [1.54, 1.807) is 0 Å². The predicted molar refractivity (Wildman–Crippen MR) is 82.8 cm³/mol. The molecule has 0 spiro atoms. The number of carboxylic acid groups (broad SMARTS) is 1. The molecule has 21 heavy (non-hydrogen) atoms. The first-order valence-corrected chi connectivity index (χ1v) is 7.78. The summed E-state index contributed by atoms with van der Waals surface area (Å²) in [5.41, 5.74) is 0.496. The second kappa shape index (κ2) is 4.60. The monoisotopic (exact) mass is 308 g/mol. The van der Waals surface area contributed by atoms with Crippen molar-refractivity contribution >= 4 is 23.4 Å². The Balaban J connectivity index is 1.94. The Labute approximate surface area is 129 Å². The van der Waals surface area contributed by atoms with E-state index in [2.05, 4.69) is 31.1 Å². The average molecular weight is 309 g/mol. The Hall–Kier alpha value is -1.29. The van der Waals surface area contributed by atoms with Crippen LogP contribution in [0.4, 0.5) is 5.82 Å². The molecule has 3 atom stereocenters. The second-order valence-corrected chi connectivity index (χ2v) is 7.70. The van der Waals surface area contributed by atoms with Crippen LogP contribution in [0.25, 0.3) is 0 Å². The zero-order valence-corrected chi connectivity index (χ0v) is 13.4. The van der Waals surface area contributed by atoms with Gasteiger partial charge < -0.3 is 10.4 Å². The van der Waals surface area contributed by atoms with Gasteiger partial charge in [-0.05, 0) is 42.1 Å². The van der Waals surface area contributed by atoms with Crippen LogP contribution in [0, 0.1) is 16.7 Å². The van der Waals surface area contributed by atoms with Crippen LogP contribution in [0.1, 0.15) is 50.4 Å². The quantitative estimate of drug-likeness (QED) is 0.884. The summed E-state index contributed by atoms with van der Waals surface area (Å²) in [6.07, 6.45) is 5.20. The lowest BCUT2D eigenvalue weighted by Crippen LogP contribution is -2.46. The van der Waals surface area contributed by atoms with Gasteiger partial charge in [0, 0.05) is 12.2 Å². The highest BCUT2D eigenvalue weighted by atomic mass is 35.5. The van der Waals surface area contributed by atoms with E-state index in [1.165, 1.54) is 31.5 Å². The molecule has 0 saturated heterocycles. The average Bonchev–Trinajstić information content (AvgIpc) is 2.87. The maximum Gasteiger partial charge on any atom is 0.337 e. The summed E-state index contributed by atoms with van der Waals surface area (Å²) in [4.78, 5) is 15.4. The molecule has 1 heterocycles. The van der Waals surface area contributed by atoms with Gasteiger partial charge in [0.25, 0.3) is 0 Å². The number of hydrogen-bond donors (Lipinski definition) is 2. The van der Waals surface area contributed by atoms with E-state index >= 15 is 0 Å². The molecule has 0 radical (unpaired) electrons. The normalized spacial score (nSPS) is 33.1. The minimum atomic E-state index is -1.02. The van der Waals surface area contributed by atoms with Crippen LogP contribution in [0.3, 0.4) is 0 Å². The third kappa shape index (κ3) is 2.11. The van der Waals surface area contributed by atoms with Crippen LogP contribution in [0.2, 0.25) is 5.02 Å². The van der Waals surface area contributed by atoms with Crippen molar-refractivity contribution in [2.24, 2.45) is 16.7 Å². The smallest absolute Gasteiger partial charge is 0.337 e. The van der Waals surface area contributed by atoms with Crippen molar-refractivity contribution in [2.75, 3.05) is 5.32 Å². The number of carbonyl (C=O) groups is 1. The van der Waals surface area contributed by atoms with Gasteiger partial charge in [-0.3, -0.25) is 0 Å². The van der Waals surface area contributed by atoms with Gasteiger partial charge in [-0.1, -0.05) is 32.4 Å². The van der Waals surface area contributed by atoms with Crippen LogP contribution in [0.15, 0.2) is 12.3 Å². The van der Waals surface area contributed by atoms with Crippen LogP contribution < -0.4 is 5.32 Å². The Bertz CT molecular complexity index is 597. The number of aromatic carboxylic acids is 1. The van der Waals surface area contributed by atoms with Gasteiger partial charge in [0.1, 0.15) is 5.82 Å². The summed E-state index contributed by atoms with van der Waals surface area (Å²) < 4.78 is 0. The van der Waals surface area contributed by atoms with Crippen molar-refractivity contribution in [3.63, 3.8) is 0 Å². The predicted octanol–water partition coefficient (Wildman–Crippen LogP) is 4.06. The lowest BCUT2D eigenvalue weighted by Gasteiger charge is -2.43. The maximum atomic E-state index is 11.2. The van der Waals surface area contributed by atoms with Crippen LogP contribution in [0.5, 0.6) is 0 Å². The molecular weight excluding hydrogens is 288 g/mol. The van der Waals surface area contributed by atoms with E-state index in [1.807, 2.05) is 0 Å². The zero-order valence-electron chi connectivity index (χ0n) is 12.6. The molecular formula is C16H21ClN2O2. The SMILES string of the molecule is CC12CCC(C1)C(C)(C)C2Nc1nccc(C(=O)O)c1Cl. The number of pyridine rings is 1. The number of rotatable bonds is 3. The first-order valence-electron chi connectivity index (χ1n) is 7.40.